The van der Waals surface area contributed by atoms with Crippen molar-refractivity contribution in [1.29, 1.82) is 0 Å². The molecular weight excluding hydrogens is 967 g/mol. The van der Waals surface area contributed by atoms with E-state index < -0.39 is 5.82 Å². The number of nitrogen functional groups attached to an aromatic ring is 4. The Morgan fingerprint density at radius 2 is 1.06 bits per heavy atom. The molecule has 0 amide bonds. The SMILES string of the molecule is C.C.C.Cn1cc(-c2cnc(N)c(Br)c2F)cn1.Cn1cc(-c2cnc(N)cc2F)cn1.Cn1cc(B2OC(C)(C)C(C)(C)O2)cn1.Nc1cc(F)c(Br)cn1.Nc1cc(F)ccn1. The summed E-state index contributed by atoms with van der Waals surface area (Å²) in [7, 11) is 5.12. The monoisotopic (exact) mass is 1020 g/mol. The molecule has 8 heterocycles. The lowest BCUT2D eigenvalue weighted by Crippen LogP contribution is -2.41. The maximum absolute atomic E-state index is 13.8. The molecule has 16 nitrogen and oxygen atoms in total. The van der Waals surface area contributed by atoms with E-state index >= 15 is 0 Å². The summed E-state index contributed by atoms with van der Waals surface area (Å²) < 4.78 is 68.8. The first-order chi connectivity index (χ1) is 28.6. The van der Waals surface area contributed by atoms with Crippen molar-refractivity contribution in [3.8, 4) is 22.3 Å². The summed E-state index contributed by atoms with van der Waals surface area (Å²) in [5, 5.41) is 12.0. The van der Waals surface area contributed by atoms with Gasteiger partial charge in [0.25, 0.3) is 0 Å². The molecule has 7 aromatic rings. The maximum atomic E-state index is 13.8. The molecule has 1 fully saturated rings. The molecule has 23 heteroatoms. The Morgan fingerprint density at radius 1 is 0.594 bits per heavy atom. The van der Waals surface area contributed by atoms with Crippen molar-refractivity contribution in [2.45, 2.75) is 61.2 Å². The number of halogens is 6. The van der Waals surface area contributed by atoms with Gasteiger partial charge in [0.2, 0.25) is 0 Å². The summed E-state index contributed by atoms with van der Waals surface area (Å²) in [6.45, 7) is 8.18. The van der Waals surface area contributed by atoms with E-state index in [2.05, 4.69) is 67.1 Å². The summed E-state index contributed by atoms with van der Waals surface area (Å²) in [6.07, 6.45) is 15.7. The van der Waals surface area contributed by atoms with Crippen molar-refractivity contribution in [3.63, 3.8) is 0 Å². The molecule has 0 atom stereocenters. The molecule has 1 saturated heterocycles. The molecule has 0 radical (unpaired) electrons. The first-order valence-electron chi connectivity index (χ1n) is 17.8. The van der Waals surface area contributed by atoms with E-state index in [-0.39, 0.29) is 85.8 Å². The summed E-state index contributed by atoms with van der Waals surface area (Å²) in [5.41, 5.74) is 23.6. The highest BCUT2D eigenvalue weighted by Gasteiger charge is 2.52. The number of pyridine rings is 4. The number of anilines is 4. The lowest BCUT2D eigenvalue weighted by Gasteiger charge is -2.32. The van der Waals surface area contributed by atoms with Crippen LogP contribution in [0.5, 0.6) is 0 Å². The third-order valence-electron chi connectivity index (χ3n) is 8.72. The fourth-order valence-corrected chi connectivity index (χ4v) is 5.38. The normalized spacial score (nSPS) is 12.7. The van der Waals surface area contributed by atoms with Gasteiger partial charge in [-0.2, -0.15) is 15.3 Å². The second-order valence-corrected chi connectivity index (χ2v) is 15.7. The highest BCUT2D eigenvalue weighted by molar-refractivity contribution is 9.10. The highest BCUT2D eigenvalue weighted by Crippen LogP contribution is 2.36. The van der Waals surface area contributed by atoms with Crippen LogP contribution in [0.15, 0.2) is 95.2 Å². The second-order valence-electron chi connectivity index (χ2n) is 14.0. The minimum Gasteiger partial charge on any atom is -0.399 e. The maximum Gasteiger partial charge on any atom is 0.498 e. The summed E-state index contributed by atoms with van der Waals surface area (Å²) in [6, 6.07) is 4.77. The van der Waals surface area contributed by atoms with Crippen LogP contribution >= 0.6 is 31.9 Å². The van der Waals surface area contributed by atoms with Crippen LogP contribution in [0.4, 0.5) is 40.8 Å². The van der Waals surface area contributed by atoms with Gasteiger partial charge in [-0.15, -0.1) is 0 Å². The van der Waals surface area contributed by atoms with Crippen LogP contribution < -0.4 is 28.4 Å². The third kappa shape index (κ3) is 15.4. The van der Waals surface area contributed by atoms with Crippen LogP contribution in [0.3, 0.4) is 0 Å². The minimum absolute atomic E-state index is 0. The molecule has 64 heavy (non-hydrogen) atoms. The van der Waals surface area contributed by atoms with E-state index in [4.69, 9.17) is 32.2 Å². The molecule has 0 aliphatic carbocycles. The zero-order valence-corrected chi connectivity index (χ0v) is 37.2. The highest BCUT2D eigenvalue weighted by atomic mass is 79.9. The number of aromatic nitrogens is 10. The molecule has 0 unspecified atom stereocenters. The number of hydrogen-bond donors (Lipinski definition) is 4. The van der Waals surface area contributed by atoms with E-state index in [9.17, 15) is 17.6 Å². The van der Waals surface area contributed by atoms with Gasteiger partial charge < -0.3 is 32.2 Å². The number of aryl methyl sites for hydroxylation is 3. The Kier molecular flexibility index (Phi) is 21.3. The van der Waals surface area contributed by atoms with Gasteiger partial charge in [0, 0.05) is 117 Å². The standard InChI is InChI=1S/C10H17BN2O2.C9H8BrFN4.C9H9FN4.C5H4BrFN2.C5H5FN2.3CH4/c1-9(2)10(3,4)15-11(14-9)8-6-12-13(5)7-8;1-15-4-5(2-14-15)6-3-13-9(12)7(10)8(6)11;1-14-5-6(3-13-14)7-4-12-9(11)2-8(7)10;6-3-2-9-5(8)1-4(3)7;6-4-1-2-8-5(7)3-4;;;/h6-7H,1-5H3;2-4H,1H3,(H2,12,13);2-5H,1H3,(H2,11,12);1-2H,(H2,8,9);1-3H,(H2,7,8);3*1H4. The van der Waals surface area contributed by atoms with Crippen LogP contribution in [0.25, 0.3) is 22.3 Å². The molecule has 346 valence electrons. The third-order valence-corrected chi connectivity index (χ3v) is 10.1. The fourth-order valence-electron chi connectivity index (χ4n) is 4.85. The molecule has 1 aliphatic heterocycles. The summed E-state index contributed by atoms with van der Waals surface area (Å²) >= 11 is 5.98. The Bertz CT molecular complexity index is 2520. The Balaban J connectivity index is 0.000000403. The lowest BCUT2D eigenvalue weighted by atomic mass is 9.82. The quantitative estimate of drug-likeness (QED) is 0.0969. The molecule has 0 bridgehead atoms. The minimum atomic E-state index is -0.421. The zero-order valence-electron chi connectivity index (χ0n) is 34.0. The van der Waals surface area contributed by atoms with Crippen molar-refractivity contribution in [2.75, 3.05) is 22.9 Å². The molecule has 1 aliphatic rings. The van der Waals surface area contributed by atoms with Gasteiger partial charge in [-0.05, 0) is 65.6 Å². The number of rotatable bonds is 3. The molecule has 0 aromatic carbocycles. The Labute approximate surface area is 388 Å². The molecule has 7 aromatic heterocycles. The van der Waals surface area contributed by atoms with Crippen LogP contribution in [-0.4, -0.2) is 67.6 Å². The predicted molar refractivity (Wildman–Crippen MR) is 253 cm³/mol. The zero-order chi connectivity index (χ0) is 45.2. The van der Waals surface area contributed by atoms with Gasteiger partial charge in [0.05, 0.1) is 32.5 Å². The molecule has 8 N–H and O–H groups in total. The first kappa shape index (κ1) is 56.1. The topological polar surface area (TPSA) is 228 Å². The van der Waals surface area contributed by atoms with E-state index in [0.717, 1.165) is 11.5 Å². The lowest BCUT2D eigenvalue weighted by molar-refractivity contribution is 0.00578. The van der Waals surface area contributed by atoms with Crippen LogP contribution in [0, 0.1) is 23.3 Å². The summed E-state index contributed by atoms with van der Waals surface area (Å²) in [5.74, 6) is -0.822. The van der Waals surface area contributed by atoms with Gasteiger partial charge in [0.1, 0.15) is 40.7 Å². The van der Waals surface area contributed by atoms with Gasteiger partial charge in [-0.1, -0.05) is 22.3 Å². The number of nitrogens with two attached hydrogens (primary N) is 4. The van der Waals surface area contributed by atoms with Crippen molar-refractivity contribution in [2.24, 2.45) is 21.1 Å². The van der Waals surface area contributed by atoms with Gasteiger partial charge >= 0.3 is 7.12 Å². The number of hydrogen-bond acceptors (Lipinski definition) is 13. The van der Waals surface area contributed by atoms with Crippen molar-refractivity contribution < 1.29 is 26.9 Å². The molecule has 0 spiro atoms. The van der Waals surface area contributed by atoms with Crippen LogP contribution in [0.1, 0.15) is 50.0 Å². The largest absolute Gasteiger partial charge is 0.498 e. The van der Waals surface area contributed by atoms with E-state index in [0.29, 0.717) is 26.7 Å². The van der Waals surface area contributed by atoms with Crippen LogP contribution in [-0.2, 0) is 30.5 Å². The second kappa shape index (κ2) is 24.2. The smallest absolute Gasteiger partial charge is 0.399 e. The van der Waals surface area contributed by atoms with E-state index in [1.807, 2.05) is 40.9 Å². The Hall–Kier alpha value is -5.91. The number of nitrogens with zero attached hydrogens (tertiary/aromatic N) is 10. The molecular formula is C41H55BBr2F4N14O2. The fraction of sp³-hybridized carbons (Fsp3) is 0.293. The average Bonchev–Trinajstić information content (AvgIpc) is 3.97. The Morgan fingerprint density at radius 3 is 1.48 bits per heavy atom. The van der Waals surface area contributed by atoms with E-state index in [1.165, 1.54) is 43.0 Å². The van der Waals surface area contributed by atoms with Crippen molar-refractivity contribution in [3.05, 3.63) is 118 Å². The van der Waals surface area contributed by atoms with Gasteiger partial charge in [-0.3, -0.25) is 14.0 Å². The first-order valence-corrected chi connectivity index (χ1v) is 19.4. The van der Waals surface area contributed by atoms with Crippen molar-refractivity contribution >= 4 is 67.7 Å². The molecule has 8 rings (SSSR count). The van der Waals surface area contributed by atoms with Crippen molar-refractivity contribution in [1.82, 2.24) is 49.3 Å². The predicted octanol–water partition coefficient (Wildman–Crippen LogP) is 8.17. The molecule has 0 saturated carbocycles. The van der Waals surface area contributed by atoms with Gasteiger partial charge in [-0.25, -0.2) is 37.5 Å². The average molecular weight is 1020 g/mol. The van der Waals surface area contributed by atoms with E-state index in [1.54, 1.807) is 59.1 Å². The summed E-state index contributed by atoms with van der Waals surface area (Å²) in [4.78, 5) is 14.9. The van der Waals surface area contributed by atoms with Crippen LogP contribution in [0.2, 0.25) is 0 Å². The van der Waals surface area contributed by atoms with Gasteiger partial charge in [0.15, 0.2) is 5.82 Å².